The van der Waals surface area contributed by atoms with Crippen LogP contribution in [0.5, 0.6) is 17.2 Å². The predicted octanol–water partition coefficient (Wildman–Crippen LogP) is 6.81. The molecule has 1 amide bonds. The summed E-state index contributed by atoms with van der Waals surface area (Å²) < 4.78 is 16.5. The number of hydrogen-bond acceptors (Lipinski definition) is 6. The summed E-state index contributed by atoms with van der Waals surface area (Å²) in [5, 5.41) is 11.7. The van der Waals surface area contributed by atoms with Gasteiger partial charge in [0.15, 0.2) is 5.75 Å². The second kappa shape index (κ2) is 11.4. The number of Topliss-reactive ketones (excluding diaryl/α,β-unsaturated/α-hetero) is 1. The minimum Gasteiger partial charge on any atom is -0.507 e. The Balaban J connectivity index is 1.89. The normalized spacial score (nSPS) is 16.7. The highest BCUT2D eigenvalue weighted by atomic mass is 35.5. The van der Waals surface area contributed by atoms with Crippen LogP contribution in [0.15, 0.2) is 66.2 Å². The van der Waals surface area contributed by atoms with Crippen molar-refractivity contribution in [2.24, 2.45) is 0 Å². The molecule has 0 bridgehead atoms. The smallest absolute Gasteiger partial charge is 0.300 e. The van der Waals surface area contributed by atoms with E-state index in [9.17, 15) is 14.7 Å². The number of ether oxygens (including phenoxy) is 3. The van der Waals surface area contributed by atoms with Gasteiger partial charge in [-0.05, 0) is 74.9 Å². The molecule has 1 fully saturated rings. The molecule has 0 saturated carbocycles. The maximum Gasteiger partial charge on any atom is 0.300 e. The van der Waals surface area contributed by atoms with Crippen LogP contribution in [-0.2, 0) is 9.59 Å². The summed E-state index contributed by atoms with van der Waals surface area (Å²) in [7, 11) is 1.42. The summed E-state index contributed by atoms with van der Waals surface area (Å²) in [6.45, 7) is 6.19. The van der Waals surface area contributed by atoms with Gasteiger partial charge in [-0.25, -0.2) is 0 Å². The zero-order valence-corrected chi connectivity index (χ0v) is 22.8. The Hall–Kier alpha value is -3.68. The zero-order valence-electron chi connectivity index (χ0n) is 21.3. The fourth-order valence-corrected chi connectivity index (χ4v) is 4.97. The van der Waals surface area contributed by atoms with Crippen molar-refractivity contribution in [3.63, 3.8) is 0 Å². The largest absolute Gasteiger partial charge is 0.507 e. The first-order chi connectivity index (χ1) is 18.2. The molecule has 3 aromatic carbocycles. The van der Waals surface area contributed by atoms with Gasteiger partial charge in [-0.15, -0.1) is 0 Å². The van der Waals surface area contributed by atoms with Crippen LogP contribution in [-0.4, -0.2) is 36.6 Å². The van der Waals surface area contributed by atoms with Gasteiger partial charge in [-0.1, -0.05) is 35.3 Å². The Morgan fingerprint density at radius 2 is 1.55 bits per heavy atom. The number of anilines is 1. The van der Waals surface area contributed by atoms with E-state index in [2.05, 4.69) is 0 Å². The summed E-state index contributed by atoms with van der Waals surface area (Å²) in [6, 6.07) is 15.8. The molecule has 4 rings (SSSR count). The number of aliphatic hydroxyl groups excluding tert-OH is 1. The van der Waals surface area contributed by atoms with Crippen LogP contribution >= 0.6 is 23.2 Å². The number of carbonyl (C=O) groups excluding carboxylic acids is 2. The molecule has 0 aliphatic carbocycles. The van der Waals surface area contributed by atoms with Gasteiger partial charge >= 0.3 is 0 Å². The Morgan fingerprint density at radius 1 is 0.974 bits per heavy atom. The molecule has 1 heterocycles. The number of benzene rings is 3. The molecule has 1 atom stereocenters. The second-order valence-corrected chi connectivity index (χ2v) is 9.62. The van der Waals surface area contributed by atoms with Crippen LogP contribution in [0.25, 0.3) is 5.76 Å². The maximum atomic E-state index is 13.4. The molecule has 9 heteroatoms. The van der Waals surface area contributed by atoms with Gasteiger partial charge < -0.3 is 19.3 Å². The van der Waals surface area contributed by atoms with Gasteiger partial charge in [0, 0.05) is 11.3 Å². The number of halogens is 2. The molecule has 1 N–H and O–H groups in total. The third-order valence-electron chi connectivity index (χ3n) is 5.91. The third-order valence-corrected chi connectivity index (χ3v) is 6.48. The van der Waals surface area contributed by atoms with E-state index in [1.165, 1.54) is 24.1 Å². The summed E-state index contributed by atoms with van der Waals surface area (Å²) in [6.07, 6.45) is -0.0279. The third kappa shape index (κ3) is 5.30. The average molecular weight is 556 g/mol. The summed E-state index contributed by atoms with van der Waals surface area (Å²) in [5.41, 5.74) is 1.14. The van der Waals surface area contributed by atoms with E-state index < -0.39 is 23.5 Å². The predicted molar refractivity (Wildman–Crippen MR) is 148 cm³/mol. The van der Waals surface area contributed by atoms with E-state index in [4.69, 9.17) is 37.4 Å². The van der Waals surface area contributed by atoms with Crippen LogP contribution in [0.3, 0.4) is 0 Å². The van der Waals surface area contributed by atoms with Gasteiger partial charge in [-0.2, -0.15) is 0 Å². The number of ketones is 1. The highest BCUT2D eigenvalue weighted by Crippen LogP contribution is 2.44. The lowest BCUT2D eigenvalue weighted by Gasteiger charge is -2.26. The molecular formula is C29H27Cl2NO6. The lowest BCUT2D eigenvalue weighted by atomic mass is 9.95. The topological polar surface area (TPSA) is 85.3 Å². The maximum absolute atomic E-state index is 13.4. The van der Waals surface area contributed by atoms with Gasteiger partial charge in [0.25, 0.3) is 11.7 Å². The van der Waals surface area contributed by atoms with Crippen LogP contribution in [0, 0.1) is 0 Å². The number of methoxy groups -OCH3 is 1. The quantitative estimate of drug-likeness (QED) is 0.186. The molecular weight excluding hydrogens is 529 g/mol. The number of carbonyl (C=O) groups is 2. The number of aliphatic hydroxyl groups is 1. The van der Waals surface area contributed by atoms with Gasteiger partial charge in [0.05, 0.1) is 41.5 Å². The SMILES string of the molecule is CCOc1ccc(N2C(=O)C(=O)/C(=C(/O)c3cc(Cl)c(OC)c(Cl)c3)C2c2ccc(OC(C)C)cc2)cc1. The van der Waals surface area contributed by atoms with E-state index >= 15 is 0 Å². The highest BCUT2D eigenvalue weighted by Gasteiger charge is 2.47. The molecule has 0 aromatic heterocycles. The number of nitrogens with zero attached hydrogens (tertiary/aromatic N) is 1. The van der Waals surface area contributed by atoms with Crippen molar-refractivity contribution in [3.8, 4) is 17.2 Å². The first-order valence-electron chi connectivity index (χ1n) is 12.0. The molecule has 1 aliphatic rings. The van der Waals surface area contributed by atoms with E-state index in [0.29, 0.717) is 29.4 Å². The molecule has 198 valence electrons. The van der Waals surface area contributed by atoms with Crippen molar-refractivity contribution in [1.29, 1.82) is 0 Å². The molecule has 7 nitrogen and oxygen atoms in total. The highest BCUT2D eigenvalue weighted by molar-refractivity contribution is 6.51. The Morgan fingerprint density at radius 3 is 2.08 bits per heavy atom. The van der Waals surface area contributed by atoms with Crippen molar-refractivity contribution in [3.05, 3.63) is 87.4 Å². The standard InChI is InChI=1S/C29H27Cl2NO6/c1-5-37-20-12-8-19(9-13-20)32-25(17-6-10-21(11-7-17)38-16(2)3)24(27(34)29(32)35)26(33)18-14-22(30)28(36-4)23(31)15-18/h6-16,25,33H,5H2,1-4H3/b26-24+. The van der Waals surface area contributed by atoms with Gasteiger partial charge in [0.1, 0.15) is 17.3 Å². The molecule has 0 spiro atoms. The van der Waals surface area contributed by atoms with Crippen LogP contribution in [0.4, 0.5) is 5.69 Å². The summed E-state index contributed by atoms with van der Waals surface area (Å²) in [4.78, 5) is 28.2. The van der Waals surface area contributed by atoms with Crippen molar-refractivity contribution in [2.75, 3.05) is 18.6 Å². The zero-order chi connectivity index (χ0) is 27.6. The first kappa shape index (κ1) is 27.4. The van der Waals surface area contributed by atoms with Gasteiger partial charge in [0.2, 0.25) is 0 Å². The Kier molecular flexibility index (Phi) is 8.19. The Labute approximate surface area is 231 Å². The lowest BCUT2D eigenvalue weighted by molar-refractivity contribution is -0.132. The molecule has 38 heavy (non-hydrogen) atoms. The van der Waals surface area contributed by atoms with Crippen molar-refractivity contribution in [2.45, 2.75) is 32.9 Å². The molecule has 1 aliphatic heterocycles. The van der Waals surface area contributed by atoms with Crippen LogP contribution in [0.2, 0.25) is 10.0 Å². The van der Waals surface area contributed by atoms with Gasteiger partial charge in [-0.3, -0.25) is 14.5 Å². The Bertz CT molecular complexity index is 1360. The monoisotopic (exact) mass is 555 g/mol. The fourth-order valence-electron chi connectivity index (χ4n) is 4.33. The fraction of sp³-hybridized carbons (Fsp3) is 0.241. The molecule has 1 unspecified atom stereocenters. The van der Waals surface area contributed by atoms with E-state index in [-0.39, 0.29) is 33.0 Å². The van der Waals surface area contributed by atoms with Crippen molar-refractivity contribution >= 4 is 46.3 Å². The van der Waals surface area contributed by atoms with Crippen molar-refractivity contribution < 1.29 is 28.9 Å². The van der Waals surface area contributed by atoms with Crippen molar-refractivity contribution in [1.82, 2.24) is 0 Å². The first-order valence-corrected chi connectivity index (χ1v) is 12.8. The number of rotatable bonds is 8. The van der Waals surface area contributed by atoms with Crippen LogP contribution in [0.1, 0.15) is 37.9 Å². The minimum absolute atomic E-state index is 0.0279. The van der Waals surface area contributed by atoms with E-state index in [1.807, 2.05) is 20.8 Å². The lowest BCUT2D eigenvalue weighted by Crippen LogP contribution is -2.29. The molecule has 1 saturated heterocycles. The average Bonchev–Trinajstić information content (AvgIpc) is 3.14. The molecule has 3 aromatic rings. The molecule has 0 radical (unpaired) electrons. The van der Waals surface area contributed by atoms with E-state index in [1.54, 1.807) is 48.5 Å². The second-order valence-electron chi connectivity index (χ2n) is 8.80. The number of hydrogen-bond donors (Lipinski definition) is 1. The summed E-state index contributed by atoms with van der Waals surface area (Å²) in [5.74, 6) is -0.536. The summed E-state index contributed by atoms with van der Waals surface area (Å²) >= 11 is 12.6. The van der Waals surface area contributed by atoms with Crippen LogP contribution < -0.4 is 19.1 Å². The van der Waals surface area contributed by atoms with E-state index in [0.717, 1.165) is 0 Å². The number of amides is 1. The minimum atomic E-state index is -0.930.